The number of aromatic nitrogens is 1. The predicted octanol–water partition coefficient (Wildman–Crippen LogP) is 4.27. The second kappa shape index (κ2) is 11.3. The third-order valence-corrected chi connectivity index (χ3v) is 5.04. The fourth-order valence-electron chi connectivity index (χ4n) is 3.34. The molecule has 0 aliphatic rings. The van der Waals surface area contributed by atoms with Crippen molar-refractivity contribution in [2.24, 2.45) is 5.10 Å². The molecule has 0 saturated carbocycles. The van der Waals surface area contributed by atoms with Gasteiger partial charge in [0.05, 0.1) is 30.3 Å². The molecule has 0 unspecified atom stereocenters. The number of nitrogens with one attached hydrogen (secondary N) is 2. The van der Waals surface area contributed by atoms with Gasteiger partial charge in [0, 0.05) is 12.4 Å². The van der Waals surface area contributed by atoms with Crippen LogP contribution < -0.4 is 20.2 Å². The normalized spacial score (nSPS) is 10.7. The Morgan fingerprint density at radius 2 is 1.63 bits per heavy atom. The van der Waals surface area contributed by atoms with Gasteiger partial charge >= 0.3 is 0 Å². The lowest BCUT2D eigenvalue weighted by atomic mass is 10.1. The number of nitrogens with zero attached hydrogens (tertiary/aromatic N) is 2. The number of methoxy groups -OCH3 is 1. The number of ether oxygens (including phenoxy) is 2. The molecule has 0 spiro atoms. The molecule has 0 atom stereocenters. The van der Waals surface area contributed by atoms with Crippen LogP contribution in [0.3, 0.4) is 0 Å². The number of para-hydroxylation sites is 3. The van der Waals surface area contributed by atoms with Crippen LogP contribution in [-0.2, 0) is 4.79 Å². The molecule has 0 bridgehead atoms. The van der Waals surface area contributed by atoms with E-state index in [0.717, 1.165) is 11.3 Å². The van der Waals surface area contributed by atoms with Crippen molar-refractivity contribution in [3.63, 3.8) is 0 Å². The third kappa shape index (κ3) is 6.14. The van der Waals surface area contributed by atoms with Crippen LogP contribution in [0.25, 0.3) is 5.69 Å². The number of benzene rings is 3. The molecule has 2 N–H and O–H groups in total. The van der Waals surface area contributed by atoms with E-state index in [1.54, 1.807) is 55.6 Å². The molecule has 0 saturated heterocycles. The van der Waals surface area contributed by atoms with Crippen LogP contribution in [0.4, 0.5) is 5.69 Å². The maximum absolute atomic E-state index is 12.6. The molecule has 35 heavy (non-hydrogen) atoms. The highest BCUT2D eigenvalue weighted by atomic mass is 16.5. The Balaban J connectivity index is 1.29. The lowest BCUT2D eigenvalue weighted by molar-refractivity contribution is -0.118. The molecule has 1 heterocycles. The summed E-state index contributed by atoms with van der Waals surface area (Å²) in [7, 11) is 1.54. The van der Waals surface area contributed by atoms with Gasteiger partial charge in [0.25, 0.3) is 11.8 Å². The minimum absolute atomic E-state index is 0.150. The standard InChI is InChI=1S/C27H24N4O4/c1-34-25-11-5-3-9-23(25)29-26(32)19-35-21-14-12-20(13-15-21)18-28-30-27(33)22-8-2-4-10-24(22)31-16-6-7-17-31/h2-18H,19H2,1H3,(H,29,32)(H,30,33)/b28-18+. The lowest BCUT2D eigenvalue weighted by Crippen LogP contribution is -2.20. The van der Waals surface area contributed by atoms with Crippen LogP contribution >= 0.6 is 0 Å². The second-order valence-electron chi connectivity index (χ2n) is 7.41. The van der Waals surface area contributed by atoms with Gasteiger partial charge in [-0.15, -0.1) is 0 Å². The van der Waals surface area contributed by atoms with Crippen molar-refractivity contribution >= 4 is 23.7 Å². The molecule has 8 nitrogen and oxygen atoms in total. The summed E-state index contributed by atoms with van der Waals surface area (Å²) in [4.78, 5) is 24.8. The zero-order chi connectivity index (χ0) is 24.5. The van der Waals surface area contributed by atoms with E-state index in [4.69, 9.17) is 9.47 Å². The molecular formula is C27H24N4O4. The Labute approximate surface area is 202 Å². The van der Waals surface area contributed by atoms with Gasteiger partial charge in [-0.3, -0.25) is 9.59 Å². The largest absolute Gasteiger partial charge is 0.495 e. The topological polar surface area (TPSA) is 94.0 Å². The maximum Gasteiger partial charge on any atom is 0.273 e. The average molecular weight is 469 g/mol. The zero-order valence-corrected chi connectivity index (χ0v) is 19.0. The first-order chi connectivity index (χ1) is 17.1. The van der Waals surface area contributed by atoms with Gasteiger partial charge in [0.15, 0.2) is 6.61 Å². The second-order valence-corrected chi connectivity index (χ2v) is 7.41. The highest BCUT2D eigenvalue weighted by molar-refractivity contribution is 5.98. The highest BCUT2D eigenvalue weighted by Crippen LogP contribution is 2.23. The first kappa shape index (κ1) is 23.3. The van der Waals surface area contributed by atoms with Crippen LogP contribution in [0.5, 0.6) is 11.5 Å². The molecule has 2 amide bonds. The summed E-state index contributed by atoms with van der Waals surface area (Å²) in [6.07, 6.45) is 5.29. The van der Waals surface area contributed by atoms with Gasteiger partial charge in [-0.25, -0.2) is 5.43 Å². The van der Waals surface area contributed by atoms with E-state index < -0.39 is 0 Å². The first-order valence-corrected chi connectivity index (χ1v) is 10.9. The van der Waals surface area contributed by atoms with Crippen LogP contribution in [0, 0.1) is 0 Å². The number of hydrogen-bond donors (Lipinski definition) is 2. The van der Waals surface area contributed by atoms with Crippen molar-refractivity contribution in [3.05, 3.63) is 108 Å². The number of carbonyl (C=O) groups is 2. The van der Waals surface area contributed by atoms with Crippen molar-refractivity contribution in [3.8, 4) is 17.2 Å². The van der Waals surface area contributed by atoms with Crippen molar-refractivity contribution in [1.29, 1.82) is 0 Å². The first-order valence-electron chi connectivity index (χ1n) is 10.9. The molecular weight excluding hydrogens is 444 g/mol. The highest BCUT2D eigenvalue weighted by Gasteiger charge is 2.11. The molecule has 3 aromatic carbocycles. The monoisotopic (exact) mass is 468 g/mol. The molecule has 176 valence electrons. The van der Waals surface area contributed by atoms with Crippen LogP contribution in [0.1, 0.15) is 15.9 Å². The fourth-order valence-corrected chi connectivity index (χ4v) is 3.34. The molecule has 4 aromatic rings. The van der Waals surface area contributed by atoms with E-state index in [1.807, 2.05) is 53.4 Å². The zero-order valence-electron chi connectivity index (χ0n) is 19.0. The Morgan fingerprint density at radius 3 is 2.40 bits per heavy atom. The summed E-state index contributed by atoms with van der Waals surface area (Å²) in [5.41, 5.74) is 5.17. The molecule has 0 aliphatic carbocycles. The van der Waals surface area contributed by atoms with Crippen molar-refractivity contribution in [1.82, 2.24) is 9.99 Å². The molecule has 8 heteroatoms. The van der Waals surface area contributed by atoms with Gasteiger partial charge in [-0.2, -0.15) is 5.10 Å². The van der Waals surface area contributed by atoms with Gasteiger partial charge < -0.3 is 19.4 Å². The molecule has 0 aliphatic heterocycles. The van der Waals surface area contributed by atoms with Crippen LogP contribution in [0.15, 0.2) is 102 Å². The van der Waals surface area contributed by atoms with Crippen molar-refractivity contribution in [2.45, 2.75) is 0 Å². The average Bonchev–Trinajstić information content (AvgIpc) is 3.43. The maximum atomic E-state index is 12.6. The Morgan fingerprint density at radius 1 is 0.914 bits per heavy atom. The van der Waals surface area contributed by atoms with Gasteiger partial charge in [-0.05, 0) is 66.2 Å². The summed E-state index contributed by atoms with van der Waals surface area (Å²) in [5, 5.41) is 6.81. The summed E-state index contributed by atoms with van der Waals surface area (Å²) in [6.45, 7) is -0.150. The predicted molar refractivity (Wildman–Crippen MR) is 134 cm³/mol. The number of anilines is 1. The number of amides is 2. The molecule has 4 rings (SSSR count). The number of hydrogen-bond acceptors (Lipinski definition) is 5. The Kier molecular flexibility index (Phi) is 7.55. The van der Waals surface area contributed by atoms with Crippen molar-refractivity contribution < 1.29 is 19.1 Å². The van der Waals surface area contributed by atoms with Gasteiger partial charge in [0.2, 0.25) is 0 Å². The minimum atomic E-state index is -0.313. The molecule has 1 aromatic heterocycles. The van der Waals surface area contributed by atoms with E-state index >= 15 is 0 Å². The van der Waals surface area contributed by atoms with E-state index in [2.05, 4.69) is 15.8 Å². The van der Waals surface area contributed by atoms with E-state index in [-0.39, 0.29) is 18.4 Å². The third-order valence-electron chi connectivity index (χ3n) is 5.04. The summed E-state index contributed by atoms with van der Waals surface area (Å²) < 4.78 is 12.6. The van der Waals surface area contributed by atoms with Crippen LogP contribution in [-0.4, -0.2) is 36.3 Å². The lowest BCUT2D eigenvalue weighted by Gasteiger charge is -2.10. The Hall–Kier alpha value is -4.85. The number of rotatable bonds is 9. The van der Waals surface area contributed by atoms with Crippen molar-refractivity contribution in [2.75, 3.05) is 19.0 Å². The van der Waals surface area contributed by atoms with Gasteiger partial charge in [-0.1, -0.05) is 24.3 Å². The summed E-state index contributed by atoms with van der Waals surface area (Å²) in [6, 6.07) is 25.2. The number of carbonyl (C=O) groups excluding carboxylic acids is 2. The fraction of sp³-hybridized carbons (Fsp3) is 0.0741. The number of hydrazone groups is 1. The van der Waals surface area contributed by atoms with E-state index in [9.17, 15) is 9.59 Å². The minimum Gasteiger partial charge on any atom is -0.495 e. The van der Waals surface area contributed by atoms with Crippen LogP contribution in [0.2, 0.25) is 0 Å². The quantitative estimate of drug-likeness (QED) is 0.283. The van der Waals surface area contributed by atoms with E-state index in [0.29, 0.717) is 22.7 Å². The molecule has 0 radical (unpaired) electrons. The summed E-state index contributed by atoms with van der Waals surface area (Å²) >= 11 is 0. The molecule has 0 fully saturated rings. The SMILES string of the molecule is COc1ccccc1NC(=O)COc1ccc(/C=N/NC(=O)c2ccccc2-n2cccc2)cc1. The summed E-state index contributed by atoms with van der Waals surface area (Å²) in [5.74, 6) is 0.487. The Bertz CT molecular complexity index is 1320. The smallest absolute Gasteiger partial charge is 0.273 e. The van der Waals surface area contributed by atoms with E-state index in [1.165, 1.54) is 6.21 Å². The van der Waals surface area contributed by atoms with Gasteiger partial charge in [0.1, 0.15) is 11.5 Å².